The lowest BCUT2D eigenvalue weighted by molar-refractivity contribution is 0.0884. The molecule has 0 aromatic carbocycles. The van der Waals surface area contributed by atoms with Crippen molar-refractivity contribution in [1.82, 2.24) is 9.97 Å². The Morgan fingerprint density at radius 1 is 1.47 bits per heavy atom. The van der Waals surface area contributed by atoms with E-state index in [4.69, 9.17) is 0 Å². The topological polar surface area (TPSA) is 61.3 Å². The zero-order chi connectivity index (χ0) is 13.1. The first-order chi connectivity index (χ1) is 7.85. The average Bonchev–Trinajstić information content (AvgIpc) is 2.18. The van der Waals surface area contributed by atoms with Gasteiger partial charge in [0.1, 0.15) is 22.4 Å². The maximum absolute atomic E-state index is 9.80. The molecule has 0 aliphatic carbocycles. The highest BCUT2D eigenvalue weighted by Gasteiger charge is 2.19. The van der Waals surface area contributed by atoms with Gasteiger partial charge >= 0.3 is 0 Å². The Hall–Kier alpha value is -0.880. The predicted molar refractivity (Wildman–Crippen MR) is 73.5 cm³/mol. The van der Waals surface area contributed by atoms with E-state index in [1.165, 1.54) is 6.33 Å². The maximum Gasteiger partial charge on any atom is 0.148 e. The van der Waals surface area contributed by atoms with Crippen molar-refractivity contribution in [3.8, 4) is 0 Å². The molecule has 17 heavy (non-hydrogen) atoms. The molecule has 0 aliphatic rings. The summed E-state index contributed by atoms with van der Waals surface area (Å²) < 4.78 is 0.814. The summed E-state index contributed by atoms with van der Waals surface area (Å²) in [6.45, 7) is 6.83. The summed E-state index contributed by atoms with van der Waals surface area (Å²) in [4.78, 5) is 10.3. The molecule has 0 bridgehead atoms. The maximum atomic E-state index is 9.80. The molecule has 1 rings (SSSR count). The van der Waals surface area contributed by atoms with Crippen LogP contribution in [0.2, 0.25) is 0 Å². The zero-order valence-electron chi connectivity index (χ0n) is 10.7. The van der Waals surface area contributed by atoms with Crippen molar-refractivity contribution in [1.29, 1.82) is 0 Å². The first kappa shape index (κ1) is 14.2. The second-order valence-electron chi connectivity index (χ2n) is 4.56. The van der Waals surface area contributed by atoms with E-state index in [-0.39, 0.29) is 0 Å². The molecule has 0 amide bonds. The van der Waals surface area contributed by atoms with Crippen LogP contribution in [0.5, 0.6) is 0 Å². The van der Waals surface area contributed by atoms with Crippen LogP contribution < -0.4 is 10.2 Å². The number of aliphatic hydroxyl groups is 1. The Morgan fingerprint density at radius 2 is 2.12 bits per heavy atom. The van der Waals surface area contributed by atoms with Crippen molar-refractivity contribution in [2.75, 3.05) is 30.4 Å². The monoisotopic (exact) mass is 302 g/mol. The summed E-state index contributed by atoms with van der Waals surface area (Å²) in [5.41, 5.74) is -0.766. The third-order valence-corrected chi connectivity index (χ3v) is 2.83. The van der Waals surface area contributed by atoms with Crippen LogP contribution in [-0.2, 0) is 0 Å². The number of halogens is 1. The van der Waals surface area contributed by atoms with Gasteiger partial charge in [0.15, 0.2) is 0 Å². The van der Waals surface area contributed by atoms with Crippen LogP contribution >= 0.6 is 15.9 Å². The van der Waals surface area contributed by atoms with Gasteiger partial charge in [-0.2, -0.15) is 0 Å². The van der Waals surface area contributed by atoms with Crippen molar-refractivity contribution in [3.63, 3.8) is 0 Å². The van der Waals surface area contributed by atoms with Gasteiger partial charge < -0.3 is 15.3 Å². The van der Waals surface area contributed by atoms with Gasteiger partial charge in [-0.25, -0.2) is 9.97 Å². The number of anilines is 2. The molecule has 96 valence electrons. The Kier molecular flexibility index (Phi) is 4.70. The molecule has 0 radical (unpaired) electrons. The van der Waals surface area contributed by atoms with Crippen LogP contribution in [0.25, 0.3) is 0 Å². The van der Waals surface area contributed by atoms with Crippen LogP contribution in [0.1, 0.15) is 20.8 Å². The smallest absolute Gasteiger partial charge is 0.148 e. The molecule has 2 N–H and O–H groups in total. The lowest BCUT2D eigenvalue weighted by Crippen LogP contribution is -2.36. The van der Waals surface area contributed by atoms with Crippen molar-refractivity contribution in [2.24, 2.45) is 0 Å². The summed E-state index contributed by atoms with van der Waals surface area (Å²) in [6, 6.07) is 0. The zero-order valence-corrected chi connectivity index (χ0v) is 12.2. The van der Waals surface area contributed by atoms with Gasteiger partial charge in [0.05, 0.1) is 5.60 Å². The van der Waals surface area contributed by atoms with Crippen molar-refractivity contribution < 1.29 is 5.11 Å². The summed E-state index contributed by atoms with van der Waals surface area (Å²) in [5.74, 6) is 1.53. The van der Waals surface area contributed by atoms with Gasteiger partial charge in [0.2, 0.25) is 0 Å². The fraction of sp³-hybridized carbons (Fsp3) is 0.636. The molecule has 0 aliphatic heterocycles. The average molecular weight is 303 g/mol. The van der Waals surface area contributed by atoms with Crippen LogP contribution in [0.15, 0.2) is 10.8 Å². The standard InChI is InChI=1S/C11H19BrN4O/c1-5-13-9-8(12)10(15-7-14-9)16(4)6-11(2,3)17/h7,17H,5-6H2,1-4H3,(H,13,14,15). The molecular formula is C11H19BrN4O. The second kappa shape index (κ2) is 5.64. The Labute approximate surface area is 110 Å². The summed E-state index contributed by atoms with van der Waals surface area (Å²) in [5, 5.41) is 12.9. The Morgan fingerprint density at radius 3 is 2.65 bits per heavy atom. The van der Waals surface area contributed by atoms with Crippen LogP contribution in [-0.4, -0.2) is 40.8 Å². The number of hydrogen-bond acceptors (Lipinski definition) is 5. The molecule has 0 spiro atoms. The molecule has 0 atom stereocenters. The molecule has 0 fully saturated rings. The third-order valence-electron chi connectivity index (χ3n) is 2.10. The van der Waals surface area contributed by atoms with Crippen molar-refractivity contribution >= 4 is 27.6 Å². The third kappa shape index (κ3) is 4.12. The number of likely N-dealkylation sites (N-methyl/N-ethyl adjacent to an activating group) is 1. The molecule has 5 nitrogen and oxygen atoms in total. The predicted octanol–water partition coefficient (Wildman–Crippen LogP) is 1.88. The van der Waals surface area contributed by atoms with Gasteiger partial charge in [-0.05, 0) is 36.7 Å². The highest BCUT2D eigenvalue weighted by molar-refractivity contribution is 9.10. The molecule has 1 heterocycles. The second-order valence-corrected chi connectivity index (χ2v) is 5.35. The quantitative estimate of drug-likeness (QED) is 0.869. The molecule has 0 saturated heterocycles. The summed E-state index contributed by atoms with van der Waals surface area (Å²) in [7, 11) is 1.89. The number of aromatic nitrogens is 2. The molecule has 1 aromatic heterocycles. The van der Waals surface area contributed by atoms with E-state index in [0.29, 0.717) is 6.54 Å². The van der Waals surface area contributed by atoms with Gasteiger partial charge in [0, 0.05) is 20.1 Å². The van der Waals surface area contributed by atoms with E-state index in [0.717, 1.165) is 22.7 Å². The van der Waals surface area contributed by atoms with E-state index < -0.39 is 5.60 Å². The lowest BCUT2D eigenvalue weighted by Gasteiger charge is -2.27. The lowest BCUT2D eigenvalue weighted by atomic mass is 10.1. The van der Waals surface area contributed by atoms with Gasteiger partial charge in [0.25, 0.3) is 0 Å². The largest absolute Gasteiger partial charge is 0.389 e. The number of hydrogen-bond donors (Lipinski definition) is 2. The van der Waals surface area contributed by atoms with Crippen molar-refractivity contribution in [3.05, 3.63) is 10.8 Å². The SMILES string of the molecule is CCNc1ncnc(N(C)CC(C)(C)O)c1Br. The van der Waals surface area contributed by atoms with E-state index in [1.54, 1.807) is 13.8 Å². The Balaban J connectivity index is 2.94. The number of nitrogens with one attached hydrogen (secondary N) is 1. The van der Waals surface area contributed by atoms with Crippen LogP contribution in [0.3, 0.4) is 0 Å². The fourth-order valence-electron chi connectivity index (χ4n) is 1.57. The van der Waals surface area contributed by atoms with E-state index in [2.05, 4.69) is 31.2 Å². The minimum atomic E-state index is -0.766. The van der Waals surface area contributed by atoms with Gasteiger partial charge in [-0.1, -0.05) is 0 Å². The van der Waals surface area contributed by atoms with Crippen LogP contribution in [0.4, 0.5) is 11.6 Å². The van der Waals surface area contributed by atoms with E-state index in [1.807, 2.05) is 18.9 Å². The van der Waals surface area contributed by atoms with E-state index in [9.17, 15) is 5.11 Å². The summed E-state index contributed by atoms with van der Waals surface area (Å²) in [6.07, 6.45) is 1.51. The summed E-state index contributed by atoms with van der Waals surface area (Å²) >= 11 is 3.48. The number of nitrogens with zero attached hydrogens (tertiary/aromatic N) is 3. The van der Waals surface area contributed by atoms with Crippen molar-refractivity contribution in [2.45, 2.75) is 26.4 Å². The first-order valence-electron chi connectivity index (χ1n) is 5.53. The molecular weight excluding hydrogens is 284 g/mol. The molecule has 0 saturated carbocycles. The first-order valence-corrected chi connectivity index (χ1v) is 6.32. The Bertz CT molecular complexity index is 378. The van der Waals surface area contributed by atoms with E-state index >= 15 is 0 Å². The molecule has 1 aromatic rings. The molecule has 6 heteroatoms. The van der Waals surface area contributed by atoms with Gasteiger partial charge in [-0.3, -0.25) is 0 Å². The van der Waals surface area contributed by atoms with Crippen LogP contribution in [0, 0.1) is 0 Å². The molecule has 0 unspecified atom stereocenters. The fourth-order valence-corrected chi connectivity index (χ4v) is 2.22. The van der Waals surface area contributed by atoms with Gasteiger partial charge in [-0.15, -0.1) is 0 Å². The highest BCUT2D eigenvalue weighted by Crippen LogP contribution is 2.29. The minimum absolute atomic E-state index is 0.494. The number of rotatable bonds is 5. The highest BCUT2D eigenvalue weighted by atomic mass is 79.9. The normalized spacial score (nSPS) is 11.4. The minimum Gasteiger partial charge on any atom is -0.389 e.